The minimum atomic E-state index is -0.0446. The first kappa shape index (κ1) is 25.6. The Hall–Kier alpha value is -2.63. The number of hydrogen-bond donors (Lipinski definition) is 1. The summed E-state index contributed by atoms with van der Waals surface area (Å²) in [6.45, 7) is 11.1. The van der Waals surface area contributed by atoms with E-state index in [9.17, 15) is 9.59 Å². The Labute approximate surface area is 202 Å². The van der Waals surface area contributed by atoms with E-state index in [4.69, 9.17) is 0 Å². The monoisotopic (exact) mass is 509 g/mol. The van der Waals surface area contributed by atoms with Gasteiger partial charge in [0.25, 0.3) is 0 Å². The van der Waals surface area contributed by atoms with Gasteiger partial charge in [0.2, 0.25) is 0 Å². The van der Waals surface area contributed by atoms with Crippen LogP contribution in [0, 0.1) is 6.92 Å². The molecule has 3 rings (SSSR count). The molecule has 0 saturated carbocycles. The normalized spacial score (nSPS) is 12.6. The summed E-state index contributed by atoms with van der Waals surface area (Å²) in [6.07, 6.45) is 12.9. The van der Waals surface area contributed by atoms with Gasteiger partial charge < -0.3 is 4.98 Å². The van der Waals surface area contributed by atoms with Crippen LogP contribution in [0.2, 0.25) is 0 Å². The van der Waals surface area contributed by atoms with Gasteiger partial charge in [-0.2, -0.15) is 0 Å². The average molecular weight is 510 g/mol. The molecular weight excluding hydrogens is 482 g/mol. The lowest BCUT2D eigenvalue weighted by atomic mass is 10.0. The zero-order valence-corrected chi connectivity index (χ0v) is 20.9. The van der Waals surface area contributed by atoms with E-state index in [1.54, 1.807) is 13.1 Å². The molecule has 3 nitrogen and oxygen atoms in total. The van der Waals surface area contributed by atoms with Gasteiger partial charge in [-0.1, -0.05) is 102 Å². The molecule has 1 aliphatic carbocycles. The second-order valence-corrected chi connectivity index (χ2v) is 8.81. The number of H-pyrrole nitrogens is 1. The number of hydrogen-bond acceptors (Lipinski definition) is 3. The Morgan fingerprint density at radius 2 is 1.88 bits per heavy atom. The first-order valence-electron chi connectivity index (χ1n) is 10.3. The number of rotatable bonds is 7. The van der Waals surface area contributed by atoms with Crippen LogP contribution >= 0.6 is 27.7 Å². The van der Waals surface area contributed by atoms with Crippen molar-refractivity contribution in [2.24, 2.45) is 0 Å². The van der Waals surface area contributed by atoms with Gasteiger partial charge in [0.15, 0.2) is 11.7 Å². The van der Waals surface area contributed by atoms with Crippen LogP contribution in [-0.2, 0) is 4.79 Å². The minimum absolute atomic E-state index is 0.0446. The van der Waals surface area contributed by atoms with Crippen molar-refractivity contribution >= 4 is 45.1 Å². The van der Waals surface area contributed by atoms with E-state index in [0.717, 1.165) is 35.5 Å². The van der Waals surface area contributed by atoms with Gasteiger partial charge in [-0.3, -0.25) is 9.59 Å². The molecule has 1 aliphatic rings. The summed E-state index contributed by atoms with van der Waals surface area (Å²) >= 11 is 4.70. The van der Waals surface area contributed by atoms with Crippen LogP contribution in [0.4, 0.5) is 0 Å². The van der Waals surface area contributed by atoms with Gasteiger partial charge in [-0.15, -0.1) is 0 Å². The molecule has 0 radical (unpaired) electrons. The lowest BCUT2D eigenvalue weighted by Crippen LogP contribution is -2.13. The van der Waals surface area contributed by atoms with Crippen LogP contribution in [0.3, 0.4) is 0 Å². The predicted octanol–water partition coefficient (Wildman–Crippen LogP) is 7.26. The Balaban J connectivity index is 0.000000228. The number of pyridine rings is 1. The molecule has 0 unspecified atom stereocenters. The Morgan fingerprint density at radius 3 is 2.50 bits per heavy atom. The fourth-order valence-corrected chi connectivity index (χ4v) is 4.18. The van der Waals surface area contributed by atoms with Crippen molar-refractivity contribution in [1.29, 1.82) is 0 Å². The average Bonchev–Trinajstić information content (AvgIpc) is 3.08. The standard InChI is InChI=1S/C14H13Br.C13H15NO2S/c15-11-13-9-5-2-6-10-14(13)12-7-3-1-4-8-12;1-5-8(2)11-6-14-13(10(4)12(11)16)17-9(3)7-15/h1,3-10H,2,11H2;6-7H,2-3,5H2,1,4H3,(H,14,16). The number of allylic oxidation sites excluding steroid dienone is 8. The molecule has 0 aliphatic heterocycles. The van der Waals surface area contributed by atoms with Crippen molar-refractivity contribution in [3.8, 4) is 0 Å². The van der Waals surface area contributed by atoms with E-state index in [2.05, 4.69) is 82.6 Å². The largest absolute Gasteiger partial charge is 0.355 e. The van der Waals surface area contributed by atoms with Gasteiger partial charge in [0.05, 0.1) is 5.03 Å². The summed E-state index contributed by atoms with van der Waals surface area (Å²) in [4.78, 5) is 25.9. The first-order chi connectivity index (χ1) is 15.4. The van der Waals surface area contributed by atoms with E-state index < -0.39 is 0 Å². The predicted molar refractivity (Wildman–Crippen MR) is 142 cm³/mol. The molecule has 0 spiro atoms. The van der Waals surface area contributed by atoms with Gasteiger partial charge in [0, 0.05) is 27.6 Å². The summed E-state index contributed by atoms with van der Waals surface area (Å²) in [5.74, 6) is 0. The third-order valence-electron chi connectivity index (χ3n) is 4.90. The number of carbonyl (C=O) groups excluding carboxylic acids is 1. The van der Waals surface area contributed by atoms with Crippen LogP contribution in [0.5, 0.6) is 0 Å². The Bertz CT molecular complexity index is 1120. The summed E-state index contributed by atoms with van der Waals surface area (Å²) in [5.41, 5.74) is 5.90. The second kappa shape index (κ2) is 13.0. The lowest BCUT2D eigenvalue weighted by Gasteiger charge is -2.08. The van der Waals surface area contributed by atoms with Crippen LogP contribution in [0.25, 0.3) is 11.1 Å². The fraction of sp³-hybridized carbons (Fsp3) is 0.185. The molecular formula is C27H28BrNO2S. The van der Waals surface area contributed by atoms with Crippen LogP contribution < -0.4 is 5.43 Å². The van der Waals surface area contributed by atoms with Crippen LogP contribution in [0.15, 0.2) is 94.3 Å². The molecule has 1 aromatic heterocycles. The Kier molecular flexibility index (Phi) is 10.4. The summed E-state index contributed by atoms with van der Waals surface area (Å²) in [6, 6.07) is 10.5. The van der Waals surface area contributed by atoms with Gasteiger partial charge in [0.1, 0.15) is 0 Å². The van der Waals surface area contributed by atoms with Gasteiger partial charge in [-0.25, -0.2) is 0 Å². The van der Waals surface area contributed by atoms with Crippen molar-refractivity contribution in [3.05, 3.63) is 111 Å². The minimum Gasteiger partial charge on any atom is -0.355 e. The number of halogens is 1. The zero-order valence-electron chi connectivity index (χ0n) is 18.5. The van der Waals surface area contributed by atoms with E-state index in [1.807, 2.05) is 13.0 Å². The molecule has 166 valence electrons. The molecule has 0 saturated heterocycles. The number of nitrogens with one attached hydrogen (secondary N) is 1. The topological polar surface area (TPSA) is 49.9 Å². The maximum atomic E-state index is 12.0. The molecule has 2 aromatic rings. The number of thioether (sulfide) groups is 1. The molecule has 0 fully saturated rings. The molecule has 0 bridgehead atoms. The van der Waals surface area contributed by atoms with Crippen molar-refractivity contribution in [1.82, 2.24) is 4.98 Å². The van der Waals surface area contributed by atoms with Crippen molar-refractivity contribution in [2.75, 3.05) is 5.33 Å². The lowest BCUT2D eigenvalue weighted by molar-refractivity contribution is -0.104. The van der Waals surface area contributed by atoms with Gasteiger partial charge in [-0.05, 0) is 42.0 Å². The molecule has 1 N–H and O–H groups in total. The highest BCUT2D eigenvalue weighted by molar-refractivity contribution is 9.09. The van der Waals surface area contributed by atoms with Crippen LogP contribution in [-0.4, -0.2) is 16.6 Å². The van der Waals surface area contributed by atoms with E-state index in [-0.39, 0.29) is 5.43 Å². The van der Waals surface area contributed by atoms with Crippen molar-refractivity contribution < 1.29 is 4.79 Å². The molecule has 5 heteroatoms. The number of carbonyl (C=O) groups is 1. The third-order valence-corrected chi connectivity index (χ3v) is 6.49. The third kappa shape index (κ3) is 6.94. The number of aldehydes is 1. The SMILES string of the molecule is BrCC1=C(c2ccccc2)C=CCC=C1.C=C(C=O)Sc1[nH]cc(C(=C)CC)c(=O)c1C. The van der Waals surface area contributed by atoms with Gasteiger partial charge >= 0.3 is 0 Å². The Morgan fingerprint density at radius 1 is 1.19 bits per heavy atom. The maximum Gasteiger partial charge on any atom is 0.193 e. The van der Waals surface area contributed by atoms with Crippen molar-refractivity contribution in [3.63, 3.8) is 0 Å². The molecule has 0 atom stereocenters. The molecule has 1 aromatic carbocycles. The number of aromatic nitrogens is 1. The van der Waals surface area contributed by atoms with Crippen LogP contribution in [0.1, 0.15) is 36.5 Å². The zero-order chi connectivity index (χ0) is 23.5. The summed E-state index contributed by atoms with van der Waals surface area (Å²) < 4.78 is 0. The number of aromatic amines is 1. The highest BCUT2D eigenvalue weighted by Gasteiger charge is 2.10. The number of benzene rings is 1. The highest BCUT2D eigenvalue weighted by Crippen LogP contribution is 2.25. The molecule has 0 amide bonds. The second-order valence-electron chi connectivity index (χ2n) is 7.11. The van der Waals surface area contributed by atoms with E-state index in [0.29, 0.717) is 27.3 Å². The first-order valence-corrected chi connectivity index (χ1v) is 12.3. The molecule has 32 heavy (non-hydrogen) atoms. The maximum absolute atomic E-state index is 12.0. The van der Waals surface area contributed by atoms with Crippen molar-refractivity contribution in [2.45, 2.75) is 31.7 Å². The smallest absolute Gasteiger partial charge is 0.193 e. The molecule has 1 heterocycles. The number of alkyl halides is 1. The van der Waals surface area contributed by atoms with E-state index in [1.165, 1.54) is 16.7 Å². The quantitative estimate of drug-likeness (QED) is 0.185. The fourth-order valence-electron chi connectivity index (χ4n) is 3.02. The van der Waals surface area contributed by atoms with E-state index >= 15 is 0 Å². The summed E-state index contributed by atoms with van der Waals surface area (Å²) in [5, 5.41) is 1.55. The summed E-state index contributed by atoms with van der Waals surface area (Å²) in [7, 11) is 0. The highest BCUT2D eigenvalue weighted by atomic mass is 79.9.